The van der Waals surface area contributed by atoms with E-state index in [0.717, 1.165) is 0 Å². The molecule has 0 radical (unpaired) electrons. The topological polar surface area (TPSA) is 122 Å². The third-order valence-corrected chi connectivity index (χ3v) is 4.26. The van der Waals surface area contributed by atoms with Crippen molar-refractivity contribution in [2.24, 2.45) is 0 Å². The van der Waals surface area contributed by atoms with Crippen molar-refractivity contribution in [1.29, 1.82) is 0 Å². The predicted octanol–water partition coefficient (Wildman–Crippen LogP) is 1.19. The van der Waals surface area contributed by atoms with Gasteiger partial charge in [-0.1, -0.05) is 30.3 Å². The number of nitrogens with zero attached hydrogens (tertiary/aromatic N) is 1. The second-order valence-corrected chi connectivity index (χ2v) is 6.65. The van der Waals surface area contributed by atoms with Crippen molar-refractivity contribution in [3.05, 3.63) is 59.7 Å². The van der Waals surface area contributed by atoms with E-state index in [1.54, 1.807) is 30.5 Å². The van der Waals surface area contributed by atoms with Crippen LogP contribution in [0.25, 0.3) is 0 Å². The Labute approximate surface area is 178 Å². The second-order valence-electron chi connectivity index (χ2n) is 6.24. The molecular formula is C20H23ClN4O5. The number of benzene rings is 1. The summed E-state index contributed by atoms with van der Waals surface area (Å²) in [4.78, 5) is 42.9. The van der Waals surface area contributed by atoms with Crippen LogP contribution < -0.4 is 15.4 Å². The van der Waals surface area contributed by atoms with Crippen molar-refractivity contribution in [2.45, 2.75) is 18.9 Å². The van der Waals surface area contributed by atoms with Gasteiger partial charge in [0.15, 0.2) is 0 Å². The molecule has 9 nitrogen and oxygen atoms in total. The molecule has 30 heavy (non-hydrogen) atoms. The highest BCUT2D eigenvalue weighted by molar-refractivity contribution is 6.32. The molecule has 2 aromatic rings. The first-order valence-corrected chi connectivity index (χ1v) is 9.44. The number of halogens is 1. The fourth-order valence-electron chi connectivity index (χ4n) is 2.54. The number of nitrogens with one attached hydrogen (secondary N) is 3. The molecule has 0 fully saturated rings. The van der Waals surface area contributed by atoms with Gasteiger partial charge < -0.3 is 25.1 Å². The molecule has 0 saturated heterocycles. The van der Waals surface area contributed by atoms with Crippen molar-refractivity contribution >= 4 is 29.4 Å². The normalized spacial score (nSPS) is 11.3. The summed E-state index contributed by atoms with van der Waals surface area (Å²) in [5, 5.41) is 5.42. The maximum atomic E-state index is 12.2. The number of carbonyl (C=O) groups is 3. The molecule has 1 heterocycles. The van der Waals surface area contributed by atoms with Gasteiger partial charge in [-0.05, 0) is 17.7 Å². The van der Waals surface area contributed by atoms with Crippen LogP contribution in [0.15, 0.2) is 43.4 Å². The second kappa shape index (κ2) is 11.6. The third-order valence-electron chi connectivity index (χ3n) is 3.96. The van der Waals surface area contributed by atoms with Crippen molar-refractivity contribution in [1.82, 2.24) is 20.6 Å². The minimum absolute atomic E-state index is 0.0311. The number of carbonyl (C=O) groups excluding carboxylic acids is 3. The maximum Gasteiger partial charge on any atom is 0.328 e. The van der Waals surface area contributed by atoms with Crippen molar-refractivity contribution in [2.75, 3.05) is 20.3 Å². The standard InChI is InChI=1S/C20H23ClN4O5/c1-3-6-30-17-5-4-13(7-15(17)21)8-18(26)23-11-19(27)25-16(20(28)29-2)9-14-10-22-12-24-14/h3-5,7,10,12,16H,1,6,8-9,11H2,2H3,(H,22,24)(H,23,26)(H,25,27)/t16-/m0/s1. The first-order valence-electron chi connectivity index (χ1n) is 9.06. The van der Waals surface area contributed by atoms with Crippen LogP contribution in [0.3, 0.4) is 0 Å². The smallest absolute Gasteiger partial charge is 0.328 e. The molecule has 0 saturated carbocycles. The lowest BCUT2D eigenvalue weighted by Crippen LogP contribution is -2.47. The first-order chi connectivity index (χ1) is 14.4. The zero-order valence-electron chi connectivity index (χ0n) is 16.4. The van der Waals surface area contributed by atoms with E-state index in [-0.39, 0.29) is 25.3 Å². The lowest BCUT2D eigenvalue weighted by Gasteiger charge is -2.16. The van der Waals surface area contributed by atoms with E-state index in [2.05, 4.69) is 27.2 Å². The van der Waals surface area contributed by atoms with Gasteiger partial charge >= 0.3 is 5.97 Å². The molecule has 1 aromatic heterocycles. The number of rotatable bonds is 11. The number of ether oxygens (including phenoxy) is 2. The molecule has 3 N–H and O–H groups in total. The van der Waals surface area contributed by atoms with E-state index in [4.69, 9.17) is 21.1 Å². The molecule has 1 atom stereocenters. The van der Waals surface area contributed by atoms with E-state index in [1.807, 2.05) is 0 Å². The number of aromatic amines is 1. The molecule has 0 bridgehead atoms. The van der Waals surface area contributed by atoms with E-state index < -0.39 is 17.9 Å². The minimum Gasteiger partial charge on any atom is -0.488 e. The SMILES string of the molecule is C=CCOc1ccc(CC(=O)NCC(=O)N[C@@H](Cc2cnc[nH]2)C(=O)OC)cc1Cl. The Bertz CT molecular complexity index is 885. The summed E-state index contributed by atoms with van der Waals surface area (Å²) in [5.74, 6) is -1.00. The van der Waals surface area contributed by atoms with Gasteiger partial charge in [0, 0.05) is 18.3 Å². The Balaban J connectivity index is 1.84. The molecule has 160 valence electrons. The Morgan fingerprint density at radius 2 is 2.13 bits per heavy atom. The number of aromatic nitrogens is 2. The summed E-state index contributed by atoms with van der Waals surface area (Å²) in [6.07, 6.45) is 4.83. The monoisotopic (exact) mass is 434 g/mol. The van der Waals surface area contributed by atoms with Crippen molar-refractivity contribution in [3.8, 4) is 5.75 Å². The summed E-state index contributed by atoms with van der Waals surface area (Å²) < 4.78 is 10.1. The van der Waals surface area contributed by atoms with Crippen LogP contribution in [-0.4, -0.2) is 54.1 Å². The summed E-state index contributed by atoms with van der Waals surface area (Å²) in [5.41, 5.74) is 1.32. The molecule has 10 heteroatoms. The molecule has 0 spiro atoms. The van der Waals surface area contributed by atoms with Gasteiger partial charge in [0.2, 0.25) is 11.8 Å². The van der Waals surface area contributed by atoms with E-state index in [9.17, 15) is 14.4 Å². The lowest BCUT2D eigenvalue weighted by atomic mass is 10.1. The molecule has 1 aromatic carbocycles. The first kappa shape index (κ1) is 23.0. The average Bonchev–Trinajstić information content (AvgIpc) is 3.24. The quantitative estimate of drug-likeness (QED) is 0.360. The molecule has 0 aliphatic carbocycles. The van der Waals surface area contributed by atoms with Crippen LogP contribution >= 0.6 is 11.6 Å². The van der Waals surface area contributed by atoms with Crippen LogP contribution in [0.2, 0.25) is 5.02 Å². The third kappa shape index (κ3) is 7.25. The highest BCUT2D eigenvalue weighted by Gasteiger charge is 2.22. The zero-order valence-corrected chi connectivity index (χ0v) is 17.2. The van der Waals surface area contributed by atoms with E-state index in [0.29, 0.717) is 28.6 Å². The molecule has 0 unspecified atom stereocenters. The maximum absolute atomic E-state index is 12.2. The molecule has 0 aliphatic rings. The van der Waals surface area contributed by atoms with Crippen LogP contribution in [-0.2, 0) is 32.0 Å². The Morgan fingerprint density at radius 3 is 2.77 bits per heavy atom. The Kier molecular flexibility index (Phi) is 8.89. The minimum atomic E-state index is -0.901. The van der Waals surface area contributed by atoms with Crippen molar-refractivity contribution < 1.29 is 23.9 Å². The number of esters is 1. The van der Waals surface area contributed by atoms with E-state index >= 15 is 0 Å². The fourth-order valence-corrected chi connectivity index (χ4v) is 2.80. The van der Waals surface area contributed by atoms with Crippen LogP contribution in [0.1, 0.15) is 11.3 Å². The van der Waals surface area contributed by atoms with E-state index in [1.165, 1.54) is 13.4 Å². The van der Waals surface area contributed by atoms with Gasteiger partial charge in [-0.3, -0.25) is 9.59 Å². The van der Waals surface area contributed by atoms with Gasteiger partial charge in [-0.15, -0.1) is 0 Å². The fraction of sp³-hybridized carbons (Fsp3) is 0.300. The summed E-state index contributed by atoms with van der Waals surface area (Å²) in [6.45, 7) is 3.60. The Morgan fingerprint density at radius 1 is 1.33 bits per heavy atom. The van der Waals surface area contributed by atoms with Crippen LogP contribution in [0, 0.1) is 0 Å². The van der Waals surface area contributed by atoms with Crippen molar-refractivity contribution in [3.63, 3.8) is 0 Å². The molecular weight excluding hydrogens is 412 g/mol. The van der Waals surface area contributed by atoms with Crippen LogP contribution in [0.5, 0.6) is 5.75 Å². The van der Waals surface area contributed by atoms with Gasteiger partial charge in [-0.2, -0.15) is 0 Å². The lowest BCUT2D eigenvalue weighted by molar-refractivity contribution is -0.145. The Hall–Kier alpha value is -3.33. The number of methoxy groups -OCH3 is 1. The number of imidazole rings is 1. The summed E-state index contributed by atoms with van der Waals surface area (Å²) in [7, 11) is 1.23. The average molecular weight is 435 g/mol. The highest BCUT2D eigenvalue weighted by Crippen LogP contribution is 2.25. The van der Waals surface area contributed by atoms with Gasteiger partial charge in [0.05, 0.1) is 31.4 Å². The summed E-state index contributed by atoms with van der Waals surface area (Å²) in [6, 6.07) is 4.10. The highest BCUT2D eigenvalue weighted by atomic mass is 35.5. The predicted molar refractivity (Wildman–Crippen MR) is 110 cm³/mol. The number of hydrogen-bond donors (Lipinski definition) is 3. The van der Waals surface area contributed by atoms with Gasteiger partial charge in [0.25, 0.3) is 0 Å². The number of H-pyrrole nitrogens is 1. The summed E-state index contributed by atoms with van der Waals surface area (Å²) >= 11 is 6.13. The number of hydrogen-bond acceptors (Lipinski definition) is 6. The number of amides is 2. The largest absolute Gasteiger partial charge is 0.488 e. The van der Waals surface area contributed by atoms with Gasteiger partial charge in [0.1, 0.15) is 18.4 Å². The van der Waals surface area contributed by atoms with Gasteiger partial charge in [-0.25, -0.2) is 9.78 Å². The molecule has 2 rings (SSSR count). The molecule has 2 amide bonds. The van der Waals surface area contributed by atoms with Crippen LogP contribution in [0.4, 0.5) is 0 Å². The molecule has 0 aliphatic heterocycles. The zero-order chi connectivity index (χ0) is 21.9.